The van der Waals surface area contributed by atoms with E-state index < -0.39 is 0 Å². The van der Waals surface area contributed by atoms with E-state index in [1.54, 1.807) is 0 Å². The highest BCUT2D eigenvalue weighted by atomic mass is 15.2. The van der Waals surface area contributed by atoms with Crippen LogP contribution >= 0.6 is 0 Å². The molecule has 0 N–H and O–H groups in total. The second kappa shape index (κ2) is 58.3. The van der Waals surface area contributed by atoms with Gasteiger partial charge in [0, 0.05) is 201 Å². The predicted molar refractivity (Wildman–Crippen MR) is 457 cm³/mol. The van der Waals surface area contributed by atoms with Crippen LogP contribution in [0.2, 0.25) is 0 Å². The summed E-state index contributed by atoms with van der Waals surface area (Å²) in [6.45, 7) is 24.7. The van der Waals surface area contributed by atoms with E-state index >= 15 is 0 Å². The van der Waals surface area contributed by atoms with Gasteiger partial charge in [0.15, 0.2) is 0 Å². The van der Waals surface area contributed by atoms with Crippen LogP contribution in [-0.4, -0.2) is 289 Å². The average Bonchev–Trinajstić information content (AvgIpc) is 1.41. The zero-order valence-corrected chi connectivity index (χ0v) is 65.2. The second-order valence-electron chi connectivity index (χ2n) is 27.5. The molecule has 582 valence electrons. The Kier molecular flexibility index (Phi) is 45.5. The van der Waals surface area contributed by atoms with Crippen molar-refractivity contribution >= 4 is 49.7 Å². The number of pyridine rings is 8. The van der Waals surface area contributed by atoms with Crippen molar-refractivity contribution in [2.75, 3.05) is 170 Å². The van der Waals surface area contributed by atoms with Crippen molar-refractivity contribution < 1.29 is 0 Å². The molecule has 110 heavy (non-hydrogen) atoms. The van der Waals surface area contributed by atoms with Crippen LogP contribution in [0.5, 0.6) is 0 Å². The van der Waals surface area contributed by atoms with Gasteiger partial charge in [-0.05, 0) is 349 Å². The van der Waals surface area contributed by atoms with Gasteiger partial charge in [-0.1, -0.05) is 0 Å². The maximum Gasteiger partial charge on any atom is 0.0401 e. The Morgan fingerprint density at radius 1 is 0.155 bits per heavy atom. The molecule has 0 unspecified atom stereocenters. The quantitative estimate of drug-likeness (QED) is 0.0256. The monoisotopic (exact) mass is 1490 g/mol. The van der Waals surface area contributed by atoms with Crippen LogP contribution in [0.25, 0.3) is 0 Å². The molecule has 8 heterocycles. The van der Waals surface area contributed by atoms with Crippen LogP contribution in [0.15, 0.2) is 236 Å². The molecular formula is C88H120N22. The molecule has 0 aliphatic heterocycles. The number of hydrogen-bond donors (Lipinski definition) is 0. The van der Waals surface area contributed by atoms with Crippen molar-refractivity contribution in [3.8, 4) is 0 Å². The minimum atomic E-state index is 0.782. The molecule has 0 radical (unpaired) electrons. The average molecular weight is 1490 g/mol. The molecule has 8 rings (SSSR count). The maximum atomic E-state index is 4.83. The number of aromatic nitrogens is 8. The largest absolute Gasteiger partial charge is 0.303 e. The van der Waals surface area contributed by atoms with E-state index in [0.717, 1.165) is 305 Å². The first-order valence-corrected chi connectivity index (χ1v) is 40.2. The van der Waals surface area contributed by atoms with E-state index in [9.17, 15) is 0 Å². The van der Waals surface area contributed by atoms with Gasteiger partial charge in [-0.2, -0.15) is 0 Å². The van der Waals surface area contributed by atoms with E-state index in [1.807, 2.05) is 246 Å². The number of rotatable bonds is 61. The lowest BCUT2D eigenvalue weighted by Gasteiger charge is -2.29. The molecule has 0 saturated carbocycles. The smallest absolute Gasteiger partial charge is 0.0401 e. The molecule has 0 saturated heterocycles. The van der Waals surface area contributed by atoms with E-state index in [-0.39, 0.29) is 0 Å². The van der Waals surface area contributed by atoms with E-state index in [2.05, 4.69) is 69.3 Å². The minimum absolute atomic E-state index is 0.782. The van der Waals surface area contributed by atoms with Crippen molar-refractivity contribution in [3.63, 3.8) is 0 Å². The lowest BCUT2D eigenvalue weighted by atomic mass is 10.2. The Morgan fingerprint density at radius 2 is 0.264 bits per heavy atom. The lowest BCUT2D eigenvalue weighted by Crippen LogP contribution is -2.36. The first kappa shape index (κ1) is 85.9. The molecule has 8 aromatic heterocycles. The van der Waals surface area contributed by atoms with Gasteiger partial charge in [0.25, 0.3) is 0 Å². The third kappa shape index (κ3) is 41.8. The minimum Gasteiger partial charge on any atom is -0.303 e. The van der Waals surface area contributed by atoms with E-state index in [0.29, 0.717) is 0 Å². The summed E-state index contributed by atoms with van der Waals surface area (Å²) in [7, 11) is 0. The van der Waals surface area contributed by atoms with Gasteiger partial charge < -0.3 is 29.4 Å². The topological polar surface area (TPSA) is 221 Å². The summed E-state index contributed by atoms with van der Waals surface area (Å²) >= 11 is 0. The summed E-state index contributed by atoms with van der Waals surface area (Å²) < 4.78 is 0. The molecule has 22 nitrogen and oxygen atoms in total. The molecule has 0 aromatic carbocycles. The fourth-order valence-corrected chi connectivity index (χ4v) is 12.8. The van der Waals surface area contributed by atoms with Gasteiger partial charge >= 0.3 is 0 Å². The highest BCUT2D eigenvalue weighted by Gasteiger charge is 2.15. The summed E-state index contributed by atoms with van der Waals surface area (Å²) in [5.41, 5.74) is 8.64. The fourth-order valence-electron chi connectivity index (χ4n) is 12.8. The highest BCUT2D eigenvalue weighted by molar-refractivity contribution is 5.82. The van der Waals surface area contributed by atoms with Crippen molar-refractivity contribution in [3.05, 3.63) is 241 Å². The van der Waals surface area contributed by atoms with Crippen LogP contribution < -0.4 is 0 Å². The summed E-state index contributed by atoms with van der Waals surface area (Å²) in [4.78, 5) is 88.3. The SMILES string of the molecule is C(=NCCCN(CCCN=Cc1ccncc1)CCCN(CCCCN(CCCN(CCCN=Cc1ccncc1)CCCN=Cc1ccncc1)CCCN(CCCN=Cc1ccncc1)CCCN=Cc1ccncc1)CCCN(CCCN=Cc1ccncc1)CCCN=Cc1ccncc1)c1ccncc1. The molecule has 0 amide bonds. The first-order chi connectivity index (χ1) is 54.6. The van der Waals surface area contributed by atoms with Crippen LogP contribution in [0, 0.1) is 0 Å². The van der Waals surface area contributed by atoms with Crippen LogP contribution in [0.4, 0.5) is 0 Å². The maximum absolute atomic E-state index is 4.83. The number of nitrogens with zero attached hydrogens (tertiary/aromatic N) is 22. The molecule has 8 aromatic rings. The molecule has 0 aliphatic rings. The van der Waals surface area contributed by atoms with Crippen molar-refractivity contribution in [2.45, 2.75) is 89.9 Å². The van der Waals surface area contributed by atoms with E-state index in [1.165, 1.54) is 0 Å². The Balaban J connectivity index is 0.945. The summed E-state index contributed by atoms with van der Waals surface area (Å²) in [6, 6.07) is 32.1. The summed E-state index contributed by atoms with van der Waals surface area (Å²) in [5, 5.41) is 0. The molecule has 0 spiro atoms. The zero-order chi connectivity index (χ0) is 76.0. The Labute approximate surface area is 656 Å². The molecule has 0 aliphatic carbocycles. The normalized spacial score (nSPS) is 12.4. The van der Waals surface area contributed by atoms with Gasteiger partial charge in [-0.25, -0.2) is 0 Å². The molecular weight excluding hydrogens is 1370 g/mol. The third-order valence-corrected chi connectivity index (χ3v) is 18.7. The highest BCUT2D eigenvalue weighted by Crippen LogP contribution is 2.11. The predicted octanol–water partition coefficient (Wildman–Crippen LogP) is 12.4. The first-order valence-electron chi connectivity index (χ1n) is 40.2. The Bertz CT molecular complexity index is 3050. The Hall–Kier alpha value is -9.68. The van der Waals surface area contributed by atoms with Gasteiger partial charge in [0.2, 0.25) is 0 Å². The number of aliphatic imine (C=N–C) groups is 8. The van der Waals surface area contributed by atoms with Crippen molar-refractivity contribution in [1.82, 2.24) is 69.3 Å². The van der Waals surface area contributed by atoms with Crippen molar-refractivity contribution in [2.24, 2.45) is 39.9 Å². The summed E-state index contributed by atoms with van der Waals surface area (Å²) in [5.74, 6) is 0. The number of hydrogen-bond acceptors (Lipinski definition) is 22. The molecule has 0 fully saturated rings. The van der Waals surface area contributed by atoms with Gasteiger partial charge in [0.05, 0.1) is 0 Å². The Morgan fingerprint density at radius 3 is 0.391 bits per heavy atom. The van der Waals surface area contributed by atoms with Crippen molar-refractivity contribution in [1.29, 1.82) is 0 Å². The van der Waals surface area contributed by atoms with Crippen LogP contribution in [0.3, 0.4) is 0 Å². The lowest BCUT2D eigenvalue weighted by molar-refractivity contribution is 0.191. The zero-order valence-electron chi connectivity index (χ0n) is 65.2. The van der Waals surface area contributed by atoms with Gasteiger partial charge in [-0.15, -0.1) is 0 Å². The molecule has 0 atom stereocenters. The van der Waals surface area contributed by atoms with Gasteiger partial charge in [0.1, 0.15) is 0 Å². The standard InChI is InChI=1S/C88H120N22/c1(55-105(65-11-69-107(57-3-31-97-73-81-15-39-89-40-16-81)58-4-32-98-74-82-17-41-90-42-18-82)66-12-70-108(59-5-33-99-75-83-19-43-91-44-20-83)60-6-34-100-76-84-21-45-92-46-22-84)2-56-106(67-13-71-109(61-7-35-101-77-85-23-47-93-48-24-85)62-8-36-102-78-86-25-49-94-50-26-86)68-14-72-110(63-9-37-103-79-87-27-51-95-52-28-87)64-10-38-104-80-88-29-53-96-54-30-88/h15-30,39-54,73-80H,1-14,31-38,55-72H2. The third-order valence-electron chi connectivity index (χ3n) is 18.7. The second-order valence-corrected chi connectivity index (χ2v) is 27.5. The fraction of sp³-hybridized carbons (Fsp3) is 0.455. The van der Waals surface area contributed by atoms with E-state index in [4.69, 9.17) is 39.9 Å². The summed E-state index contributed by atoms with van der Waals surface area (Å²) in [6.07, 6.45) is 59.6. The molecule has 22 heteroatoms. The number of unbranched alkanes of at least 4 members (excludes halogenated alkanes) is 1. The molecule has 0 bridgehead atoms. The van der Waals surface area contributed by atoms with Crippen LogP contribution in [-0.2, 0) is 0 Å². The van der Waals surface area contributed by atoms with Gasteiger partial charge in [-0.3, -0.25) is 79.8 Å². The van der Waals surface area contributed by atoms with Crippen LogP contribution in [0.1, 0.15) is 134 Å².